The van der Waals surface area contributed by atoms with Crippen molar-refractivity contribution in [1.29, 1.82) is 0 Å². The Hall–Kier alpha value is -1.97. The van der Waals surface area contributed by atoms with E-state index in [1.54, 1.807) is 30.1 Å². The number of nitrogens with one attached hydrogen (secondary N) is 2. The number of amidine groups is 1. The van der Waals surface area contributed by atoms with Gasteiger partial charge in [-0.15, -0.1) is 4.40 Å². The molecule has 142 valence electrons. The minimum atomic E-state index is -3.66. The van der Waals surface area contributed by atoms with Crippen molar-refractivity contribution < 1.29 is 13.2 Å². The molecule has 0 saturated carbocycles. The standard InChI is InChI=1S/C17H25N5O3S/c1-21(17-14-5-2-3-6-15(14)26(24,25)20-17)13-16(23)19-7-4-10-22-11-8-18-9-12-22/h2-3,5-6,18H,4,7-13H2,1H3,(H,19,23). The van der Waals surface area contributed by atoms with Crippen LogP contribution in [-0.2, 0) is 14.8 Å². The number of hydrogen-bond donors (Lipinski definition) is 2. The number of sulfonamides is 1. The maximum Gasteiger partial charge on any atom is 0.285 e. The molecular weight excluding hydrogens is 354 g/mol. The molecule has 2 heterocycles. The summed E-state index contributed by atoms with van der Waals surface area (Å²) < 4.78 is 28.0. The van der Waals surface area contributed by atoms with Gasteiger partial charge in [0.15, 0.2) is 5.84 Å². The summed E-state index contributed by atoms with van der Waals surface area (Å²) in [6.45, 7) is 5.77. The van der Waals surface area contributed by atoms with Crippen LogP contribution in [0.3, 0.4) is 0 Å². The summed E-state index contributed by atoms with van der Waals surface area (Å²) in [7, 11) is -1.99. The van der Waals surface area contributed by atoms with E-state index < -0.39 is 10.0 Å². The molecule has 8 nitrogen and oxygen atoms in total. The third-order valence-electron chi connectivity index (χ3n) is 4.54. The monoisotopic (exact) mass is 379 g/mol. The Morgan fingerprint density at radius 1 is 1.31 bits per heavy atom. The van der Waals surface area contributed by atoms with Gasteiger partial charge >= 0.3 is 0 Å². The van der Waals surface area contributed by atoms with E-state index >= 15 is 0 Å². The first-order valence-corrected chi connectivity index (χ1v) is 10.3. The van der Waals surface area contributed by atoms with Gasteiger partial charge in [0.2, 0.25) is 5.91 Å². The van der Waals surface area contributed by atoms with E-state index in [2.05, 4.69) is 19.9 Å². The molecule has 0 radical (unpaired) electrons. The van der Waals surface area contributed by atoms with Crippen LogP contribution < -0.4 is 10.6 Å². The van der Waals surface area contributed by atoms with Gasteiger partial charge in [-0.05, 0) is 25.1 Å². The number of amides is 1. The van der Waals surface area contributed by atoms with Gasteiger partial charge in [-0.25, -0.2) is 0 Å². The van der Waals surface area contributed by atoms with Crippen molar-refractivity contribution in [2.24, 2.45) is 4.40 Å². The molecule has 0 spiro atoms. The van der Waals surface area contributed by atoms with Crippen LogP contribution in [-0.4, -0.2) is 82.8 Å². The molecule has 1 fully saturated rings. The van der Waals surface area contributed by atoms with Gasteiger partial charge in [0.25, 0.3) is 10.0 Å². The van der Waals surface area contributed by atoms with Crippen molar-refractivity contribution in [2.75, 3.05) is 52.9 Å². The Morgan fingerprint density at radius 2 is 2.04 bits per heavy atom. The van der Waals surface area contributed by atoms with E-state index in [1.807, 2.05) is 0 Å². The quantitative estimate of drug-likeness (QED) is 0.646. The number of piperazine rings is 1. The smallest absolute Gasteiger partial charge is 0.285 e. The van der Waals surface area contributed by atoms with E-state index in [0.717, 1.165) is 39.1 Å². The highest BCUT2D eigenvalue weighted by atomic mass is 32.2. The fourth-order valence-electron chi connectivity index (χ4n) is 3.18. The van der Waals surface area contributed by atoms with Crippen molar-refractivity contribution in [1.82, 2.24) is 20.4 Å². The second-order valence-electron chi connectivity index (χ2n) is 6.54. The largest absolute Gasteiger partial charge is 0.355 e. The van der Waals surface area contributed by atoms with Crippen molar-refractivity contribution in [3.8, 4) is 0 Å². The normalized spacial score (nSPS) is 18.9. The molecule has 0 unspecified atom stereocenters. The summed E-state index contributed by atoms with van der Waals surface area (Å²) in [5, 5.41) is 6.21. The van der Waals surface area contributed by atoms with Gasteiger partial charge in [0, 0.05) is 45.3 Å². The second-order valence-corrected chi connectivity index (χ2v) is 8.11. The number of carbonyl (C=O) groups is 1. The first kappa shape index (κ1) is 18.8. The zero-order valence-corrected chi connectivity index (χ0v) is 15.8. The zero-order valence-electron chi connectivity index (χ0n) is 14.9. The van der Waals surface area contributed by atoms with Gasteiger partial charge < -0.3 is 20.4 Å². The molecule has 0 bridgehead atoms. The molecule has 1 saturated heterocycles. The molecule has 0 aliphatic carbocycles. The Kier molecular flexibility index (Phi) is 5.90. The lowest BCUT2D eigenvalue weighted by atomic mass is 10.2. The zero-order chi connectivity index (χ0) is 18.6. The van der Waals surface area contributed by atoms with Gasteiger partial charge in [-0.3, -0.25) is 4.79 Å². The fraction of sp³-hybridized carbons (Fsp3) is 0.529. The Bertz CT molecular complexity index is 787. The summed E-state index contributed by atoms with van der Waals surface area (Å²) in [5.74, 6) is 0.175. The van der Waals surface area contributed by atoms with Gasteiger partial charge in [-0.2, -0.15) is 8.42 Å². The first-order chi connectivity index (χ1) is 12.5. The molecule has 2 aliphatic rings. The highest BCUT2D eigenvalue weighted by molar-refractivity contribution is 7.90. The van der Waals surface area contributed by atoms with Crippen molar-refractivity contribution >= 4 is 21.8 Å². The van der Waals surface area contributed by atoms with Crippen molar-refractivity contribution in [2.45, 2.75) is 11.3 Å². The molecule has 1 aromatic carbocycles. The van der Waals surface area contributed by atoms with Crippen molar-refractivity contribution in [3.05, 3.63) is 29.8 Å². The van der Waals surface area contributed by atoms with Crippen LogP contribution in [0, 0.1) is 0 Å². The predicted octanol–water partition coefficient (Wildman–Crippen LogP) is -0.521. The minimum absolute atomic E-state index is 0.0658. The van der Waals surface area contributed by atoms with Crippen LogP contribution >= 0.6 is 0 Å². The van der Waals surface area contributed by atoms with Crippen LogP contribution in [0.4, 0.5) is 0 Å². The summed E-state index contributed by atoms with van der Waals surface area (Å²) in [6.07, 6.45) is 0.896. The van der Waals surface area contributed by atoms with Crippen LogP contribution in [0.5, 0.6) is 0 Å². The van der Waals surface area contributed by atoms with E-state index in [4.69, 9.17) is 0 Å². The topological polar surface area (TPSA) is 94.1 Å². The van der Waals surface area contributed by atoms with Crippen LogP contribution in [0.2, 0.25) is 0 Å². The number of hydrogen-bond acceptors (Lipinski definition) is 6. The lowest BCUT2D eigenvalue weighted by Gasteiger charge is -2.27. The number of benzene rings is 1. The maximum absolute atomic E-state index is 12.2. The molecule has 0 aromatic heterocycles. The summed E-state index contributed by atoms with van der Waals surface area (Å²) in [5.41, 5.74) is 0.543. The van der Waals surface area contributed by atoms with Crippen LogP contribution in [0.25, 0.3) is 0 Å². The van der Waals surface area contributed by atoms with E-state index in [0.29, 0.717) is 17.9 Å². The molecule has 26 heavy (non-hydrogen) atoms. The molecular formula is C17H25N5O3S. The molecule has 9 heteroatoms. The molecule has 2 N–H and O–H groups in total. The van der Waals surface area contributed by atoms with Crippen LogP contribution in [0.15, 0.2) is 33.6 Å². The number of likely N-dealkylation sites (N-methyl/N-ethyl adjacent to an activating group) is 1. The van der Waals surface area contributed by atoms with Gasteiger partial charge in [-0.1, -0.05) is 12.1 Å². The van der Waals surface area contributed by atoms with Crippen LogP contribution in [0.1, 0.15) is 12.0 Å². The number of fused-ring (bicyclic) bond motifs is 1. The molecule has 1 amide bonds. The number of carbonyl (C=O) groups excluding carboxylic acids is 1. The van der Waals surface area contributed by atoms with E-state index in [-0.39, 0.29) is 17.3 Å². The highest BCUT2D eigenvalue weighted by Crippen LogP contribution is 2.26. The Labute approximate surface area is 154 Å². The SMILES string of the molecule is CN(CC(=O)NCCCN1CCNCC1)C1=NS(=O)(=O)c2ccccc21. The van der Waals surface area contributed by atoms with Crippen molar-refractivity contribution in [3.63, 3.8) is 0 Å². The average molecular weight is 379 g/mol. The lowest BCUT2D eigenvalue weighted by molar-refractivity contribution is -0.121. The third-order valence-corrected chi connectivity index (χ3v) is 5.86. The summed E-state index contributed by atoms with van der Waals surface area (Å²) in [6, 6.07) is 6.67. The number of nitrogens with zero attached hydrogens (tertiary/aromatic N) is 3. The Balaban J connectivity index is 1.47. The van der Waals surface area contributed by atoms with E-state index in [9.17, 15) is 13.2 Å². The predicted molar refractivity (Wildman–Crippen MR) is 99.7 cm³/mol. The molecule has 2 aliphatic heterocycles. The summed E-state index contributed by atoms with van der Waals surface area (Å²) in [4.78, 5) is 16.3. The molecule has 0 atom stereocenters. The Morgan fingerprint density at radius 3 is 2.81 bits per heavy atom. The maximum atomic E-state index is 12.2. The molecule has 3 rings (SSSR count). The first-order valence-electron chi connectivity index (χ1n) is 8.83. The fourth-order valence-corrected chi connectivity index (χ4v) is 4.43. The minimum Gasteiger partial charge on any atom is -0.355 e. The van der Waals surface area contributed by atoms with Gasteiger partial charge in [0.05, 0.1) is 6.54 Å². The molecule has 1 aromatic rings. The van der Waals surface area contributed by atoms with E-state index in [1.165, 1.54) is 6.07 Å². The van der Waals surface area contributed by atoms with Gasteiger partial charge in [0.1, 0.15) is 4.90 Å². The summed E-state index contributed by atoms with van der Waals surface area (Å²) >= 11 is 0. The highest BCUT2D eigenvalue weighted by Gasteiger charge is 2.30. The third kappa shape index (κ3) is 4.40. The lowest BCUT2D eigenvalue weighted by Crippen LogP contribution is -2.44. The average Bonchev–Trinajstić information content (AvgIpc) is 2.91. The number of rotatable bonds is 6. The second kappa shape index (κ2) is 8.15.